The lowest BCUT2D eigenvalue weighted by Gasteiger charge is -2.17. The Kier molecular flexibility index (Phi) is 7.21. The molecule has 0 saturated heterocycles. The summed E-state index contributed by atoms with van der Waals surface area (Å²) >= 11 is 0. The maximum absolute atomic E-state index is 13.8. The van der Waals surface area contributed by atoms with Crippen molar-refractivity contribution in [1.29, 1.82) is 0 Å². The number of Topliss-reactive ketones (excluding diaryl/α,β-unsaturated/α-hetero) is 2. The summed E-state index contributed by atoms with van der Waals surface area (Å²) in [5, 5.41) is 0.935. The summed E-state index contributed by atoms with van der Waals surface area (Å²) in [6, 6.07) is 9.63. The number of benzene rings is 1. The number of hydrogen-bond donors (Lipinski definition) is 0. The highest BCUT2D eigenvalue weighted by Gasteiger charge is 2.81. The van der Waals surface area contributed by atoms with Gasteiger partial charge in [-0.15, -0.1) is 0 Å². The van der Waals surface area contributed by atoms with Crippen LogP contribution in [-0.4, -0.2) is 43.0 Å². The number of carbonyl (C=O) groups is 2. The molecule has 1 aromatic heterocycles. The van der Waals surface area contributed by atoms with E-state index in [9.17, 15) is 9.59 Å². The number of carbonyl (C=O) groups excluding carboxylic acids is 2. The molecular formula is C31H37NO5. The lowest BCUT2D eigenvalue weighted by molar-refractivity contribution is -0.127. The Bertz CT molecular complexity index is 1250. The maximum Gasteiger partial charge on any atom is 0.160 e. The molecule has 4 atom stereocenters. The van der Waals surface area contributed by atoms with E-state index in [-0.39, 0.29) is 11.6 Å². The van der Waals surface area contributed by atoms with Crippen molar-refractivity contribution in [2.45, 2.75) is 58.8 Å². The van der Waals surface area contributed by atoms with Gasteiger partial charge in [-0.25, -0.2) is 4.98 Å². The third-order valence-electron chi connectivity index (χ3n) is 8.27. The Labute approximate surface area is 219 Å². The summed E-state index contributed by atoms with van der Waals surface area (Å²) in [6.45, 7) is 8.49. The first-order valence-corrected chi connectivity index (χ1v) is 13.7. The van der Waals surface area contributed by atoms with E-state index in [1.54, 1.807) is 0 Å². The summed E-state index contributed by atoms with van der Waals surface area (Å²) in [5.41, 5.74) is -0.368. The number of unbranched alkanes of at least 4 members (excludes halogenated alkanes) is 1. The molecule has 0 N–H and O–H groups in total. The monoisotopic (exact) mass is 503 g/mol. The SMILES string of the molecule is CCCCC(CC)COc1cccc2ccc(C3C(=O)C45C=CC(OCCOCC)=CC4(C5)C3=O)nc12. The fraction of sp³-hybridized carbons (Fsp3) is 0.516. The number of pyridine rings is 1. The topological polar surface area (TPSA) is 74.7 Å². The molecular weight excluding hydrogens is 466 g/mol. The number of rotatable bonds is 13. The normalized spacial score (nSPS) is 26.6. The van der Waals surface area contributed by atoms with Crippen LogP contribution in [0.15, 0.2) is 54.3 Å². The van der Waals surface area contributed by atoms with E-state index in [0.29, 0.717) is 61.5 Å². The molecule has 0 amide bonds. The minimum absolute atomic E-state index is 0.0609. The summed E-state index contributed by atoms with van der Waals surface area (Å²) in [4.78, 5) is 32.3. The highest BCUT2D eigenvalue weighted by atomic mass is 16.5. The van der Waals surface area contributed by atoms with Crippen LogP contribution in [0.3, 0.4) is 0 Å². The maximum atomic E-state index is 13.8. The Balaban J connectivity index is 1.38. The van der Waals surface area contributed by atoms with Gasteiger partial charge in [0.25, 0.3) is 0 Å². The molecule has 5 rings (SSSR count). The van der Waals surface area contributed by atoms with Gasteiger partial charge < -0.3 is 14.2 Å². The Hall–Kier alpha value is -2.99. The zero-order chi connectivity index (χ0) is 26.0. The summed E-state index contributed by atoms with van der Waals surface area (Å²) < 4.78 is 17.4. The standard InChI is InChI=1S/C31H37NO5/c1-4-7-9-21(5-2)19-37-25-11-8-10-22-12-13-24(32-27(22)25)26-28(33)30-15-14-23(36-17-16-35-6-3)18-31(30,20-30)29(26)34/h8,10-15,18,21,26H,4-7,9,16-17,19-20H2,1-3H3. The number of fused-ring (bicyclic) bond motifs is 1. The van der Waals surface area contributed by atoms with E-state index in [0.717, 1.165) is 18.2 Å². The smallest absolute Gasteiger partial charge is 0.160 e. The first kappa shape index (κ1) is 25.7. The highest BCUT2D eigenvalue weighted by molar-refractivity contribution is 6.25. The Morgan fingerprint density at radius 1 is 1.03 bits per heavy atom. The first-order valence-electron chi connectivity index (χ1n) is 13.7. The number of hydrogen-bond acceptors (Lipinski definition) is 6. The van der Waals surface area contributed by atoms with Crippen LogP contribution in [-0.2, 0) is 19.1 Å². The van der Waals surface area contributed by atoms with Crippen LogP contribution >= 0.6 is 0 Å². The largest absolute Gasteiger partial charge is 0.492 e. The highest BCUT2D eigenvalue weighted by Crippen LogP contribution is 2.75. The van der Waals surface area contributed by atoms with Crippen LogP contribution in [0.25, 0.3) is 10.9 Å². The van der Waals surface area contributed by atoms with Gasteiger partial charge in [0.15, 0.2) is 11.6 Å². The number of ketones is 2. The van der Waals surface area contributed by atoms with Crippen molar-refractivity contribution in [3.8, 4) is 5.75 Å². The molecule has 6 heteroatoms. The quantitative estimate of drug-likeness (QED) is 0.248. The van der Waals surface area contributed by atoms with Gasteiger partial charge in [0.1, 0.15) is 29.6 Å². The summed E-state index contributed by atoms with van der Waals surface area (Å²) in [6.07, 6.45) is 10.6. The van der Waals surface area contributed by atoms with Gasteiger partial charge in [-0.1, -0.05) is 57.4 Å². The van der Waals surface area contributed by atoms with Crippen LogP contribution < -0.4 is 4.74 Å². The van der Waals surface area contributed by atoms with E-state index in [1.165, 1.54) is 12.8 Å². The molecule has 0 radical (unpaired) electrons. The van der Waals surface area contributed by atoms with Gasteiger partial charge in [-0.3, -0.25) is 9.59 Å². The molecule has 0 spiro atoms. The second kappa shape index (κ2) is 10.4. The number of ether oxygens (including phenoxy) is 3. The Morgan fingerprint density at radius 2 is 1.86 bits per heavy atom. The number of nitrogens with zero attached hydrogens (tertiary/aromatic N) is 1. The molecule has 196 valence electrons. The number of aromatic nitrogens is 1. The van der Waals surface area contributed by atoms with Gasteiger partial charge >= 0.3 is 0 Å². The van der Waals surface area contributed by atoms with Crippen LogP contribution in [0.5, 0.6) is 5.75 Å². The molecule has 0 bridgehead atoms. The van der Waals surface area contributed by atoms with Crippen LogP contribution in [0.4, 0.5) is 0 Å². The van der Waals surface area contributed by atoms with Crippen molar-refractivity contribution in [3.63, 3.8) is 0 Å². The zero-order valence-corrected chi connectivity index (χ0v) is 22.1. The number of allylic oxidation sites excluding steroid dienone is 3. The zero-order valence-electron chi connectivity index (χ0n) is 22.1. The average Bonchev–Trinajstić information content (AvgIpc) is 3.58. The molecule has 2 aromatic rings. The van der Waals surface area contributed by atoms with E-state index >= 15 is 0 Å². The molecule has 6 nitrogen and oxygen atoms in total. The predicted molar refractivity (Wildman–Crippen MR) is 142 cm³/mol. The van der Waals surface area contributed by atoms with Crippen molar-refractivity contribution < 1.29 is 23.8 Å². The Morgan fingerprint density at radius 3 is 2.65 bits per heavy atom. The molecule has 1 heterocycles. The third kappa shape index (κ3) is 4.39. The molecule has 2 saturated carbocycles. The minimum atomic E-state index is -0.872. The van der Waals surface area contributed by atoms with E-state index in [4.69, 9.17) is 19.2 Å². The molecule has 4 unspecified atom stereocenters. The fourth-order valence-corrected chi connectivity index (χ4v) is 5.94. The van der Waals surface area contributed by atoms with Crippen molar-refractivity contribution in [1.82, 2.24) is 4.98 Å². The number of para-hydroxylation sites is 1. The van der Waals surface area contributed by atoms with Gasteiger partial charge in [0, 0.05) is 12.0 Å². The van der Waals surface area contributed by atoms with E-state index < -0.39 is 16.7 Å². The summed E-state index contributed by atoms with van der Waals surface area (Å²) in [7, 11) is 0. The molecule has 1 aromatic carbocycles. The van der Waals surface area contributed by atoms with Gasteiger partial charge in [0.05, 0.1) is 29.7 Å². The molecule has 0 aliphatic heterocycles. The second-order valence-corrected chi connectivity index (χ2v) is 10.5. The summed E-state index contributed by atoms with van der Waals surface area (Å²) in [5.74, 6) is 0.815. The minimum Gasteiger partial charge on any atom is -0.492 e. The van der Waals surface area contributed by atoms with Gasteiger partial charge in [-0.2, -0.15) is 0 Å². The van der Waals surface area contributed by atoms with E-state index in [2.05, 4.69) is 13.8 Å². The van der Waals surface area contributed by atoms with Gasteiger partial charge in [0.2, 0.25) is 0 Å². The first-order chi connectivity index (χ1) is 18.0. The van der Waals surface area contributed by atoms with Gasteiger partial charge in [-0.05, 0) is 50.0 Å². The van der Waals surface area contributed by atoms with Crippen LogP contribution in [0.2, 0.25) is 0 Å². The lowest BCUT2D eigenvalue weighted by Crippen LogP contribution is -2.22. The third-order valence-corrected chi connectivity index (χ3v) is 8.27. The predicted octanol–water partition coefficient (Wildman–Crippen LogP) is 5.95. The molecule has 3 aliphatic rings. The fourth-order valence-electron chi connectivity index (χ4n) is 5.94. The molecule has 2 fully saturated rings. The lowest BCUT2D eigenvalue weighted by atomic mass is 9.90. The van der Waals surface area contributed by atoms with Crippen molar-refractivity contribution in [2.24, 2.45) is 16.7 Å². The molecule has 37 heavy (non-hydrogen) atoms. The van der Waals surface area contributed by atoms with E-state index in [1.807, 2.05) is 55.5 Å². The molecule has 3 aliphatic carbocycles. The van der Waals surface area contributed by atoms with Crippen LogP contribution in [0, 0.1) is 16.7 Å². The van der Waals surface area contributed by atoms with Crippen molar-refractivity contribution in [2.75, 3.05) is 26.4 Å². The van der Waals surface area contributed by atoms with Crippen LogP contribution in [0.1, 0.15) is 64.5 Å². The second-order valence-electron chi connectivity index (χ2n) is 10.5. The average molecular weight is 504 g/mol. The van der Waals surface area contributed by atoms with Crippen molar-refractivity contribution in [3.05, 3.63) is 60.0 Å². The van der Waals surface area contributed by atoms with Crippen molar-refractivity contribution >= 4 is 22.5 Å².